The van der Waals surface area contributed by atoms with Crippen molar-refractivity contribution in [1.82, 2.24) is 20.1 Å². The summed E-state index contributed by atoms with van der Waals surface area (Å²) in [5, 5.41) is 7.38. The molecule has 0 saturated carbocycles. The van der Waals surface area contributed by atoms with Crippen molar-refractivity contribution >= 4 is 5.91 Å². The molecule has 0 unspecified atom stereocenters. The molecule has 6 nitrogen and oxygen atoms in total. The lowest BCUT2D eigenvalue weighted by atomic mass is 10.1. The normalized spacial score (nSPS) is 10.9. The zero-order chi connectivity index (χ0) is 19.9. The largest absolute Gasteiger partial charge is 0.475 e. The van der Waals surface area contributed by atoms with Crippen molar-refractivity contribution in [1.29, 1.82) is 0 Å². The molecular weight excluding hydrogens is 352 g/mol. The van der Waals surface area contributed by atoms with E-state index in [4.69, 9.17) is 4.74 Å². The second kappa shape index (κ2) is 9.17. The van der Waals surface area contributed by atoms with E-state index in [-0.39, 0.29) is 12.0 Å². The monoisotopic (exact) mass is 378 g/mol. The van der Waals surface area contributed by atoms with E-state index in [0.717, 1.165) is 23.2 Å². The zero-order valence-corrected chi connectivity index (χ0v) is 16.6. The fourth-order valence-electron chi connectivity index (χ4n) is 2.97. The molecule has 0 aliphatic heterocycles. The summed E-state index contributed by atoms with van der Waals surface area (Å²) < 4.78 is 7.43. The summed E-state index contributed by atoms with van der Waals surface area (Å²) in [6, 6.07) is 13.8. The Balaban J connectivity index is 1.64. The van der Waals surface area contributed by atoms with Crippen molar-refractivity contribution in [2.75, 3.05) is 0 Å². The van der Waals surface area contributed by atoms with Crippen molar-refractivity contribution in [2.24, 2.45) is 0 Å². The molecule has 0 saturated heterocycles. The van der Waals surface area contributed by atoms with Crippen LogP contribution in [0.5, 0.6) is 5.88 Å². The van der Waals surface area contributed by atoms with Crippen LogP contribution in [0, 0.1) is 0 Å². The van der Waals surface area contributed by atoms with Gasteiger partial charge < -0.3 is 10.1 Å². The maximum Gasteiger partial charge on any atom is 0.255 e. The standard InChI is InChI=1S/C22H26N4O2/c1-4-20-19(14-25-26(20)15-17-8-6-5-7-9-17)22(27)24-13-18-10-11-21(23-12-18)28-16(2)3/h5-12,14,16H,4,13,15H2,1-3H3,(H,24,27). The van der Waals surface area contributed by atoms with Crippen molar-refractivity contribution in [2.45, 2.75) is 46.4 Å². The van der Waals surface area contributed by atoms with Crippen LogP contribution in [0.1, 0.15) is 48.0 Å². The molecule has 0 radical (unpaired) electrons. The van der Waals surface area contributed by atoms with Crippen molar-refractivity contribution in [3.63, 3.8) is 0 Å². The number of ether oxygens (including phenoxy) is 1. The van der Waals surface area contributed by atoms with Gasteiger partial charge in [-0.2, -0.15) is 5.10 Å². The van der Waals surface area contributed by atoms with E-state index in [2.05, 4.69) is 27.5 Å². The van der Waals surface area contributed by atoms with Crippen LogP contribution in [-0.4, -0.2) is 26.8 Å². The first-order valence-electron chi connectivity index (χ1n) is 9.55. The number of carbonyl (C=O) groups is 1. The lowest BCUT2D eigenvalue weighted by Crippen LogP contribution is -2.24. The smallest absolute Gasteiger partial charge is 0.255 e. The minimum atomic E-state index is -0.126. The van der Waals surface area contributed by atoms with Crippen LogP contribution in [-0.2, 0) is 19.5 Å². The molecule has 1 aromatic carbocycles. The first-order chi connectivity index (χ1) is 13.6. The number of hydrogen-bond acceptors (Lipinski definition) is 4. The maximum atomic E-state index is 12.7. The first-order valence-corrected chi connectivity index (χ1v) is 9.55. The van der Waals surface area contributed by atoms with E-state index in [9.17, 15) is 4.79 Å². The highest BCUT2D eigenvalue weighted by atomic mass is 16.5. The summed E-state index contributed by atoms with van der Waals surface area (Å²) in [5.41, 5.74) is 3.62. The van der Waals surface area contributed by atoms with Crippen molar-refractivity contribution in [3.8, 4) is 5.88 Å². The molecule has 0 aliphatic rings. The van der Waals surface area contributed by atoms with Gasteiger partial charge in [-0.05, 0) is 31.4 Å². The van der Waals surface area contributed by atoms with E-state index in [0.29, 0.717) is 24.5 Å². The Labute approximate surface area is 165 Å². The van der Waals surface area contributed by atoms with Gasteiger partial charge in [0, 0.05) is 18.8 Å². The Morgan fingerprint density at radius 2 is 1.89 bits per heavy atom. The van der Waals surface area contributed by atoms with Gasteiger partial charge >= 0.3 is 0 Å². The number of nitrogens with zero attached hydrogens (tertiary/aromatic N) is 3. The molecule has 146 valence electrons. The minimum Gasteiger partial charge on any atom is -0.475 e. The average molecular weight is 378 g/mol. The highest BCUT2D eigenvalue weighted by Crippen LogP contribution is 2.13. The van der Waals surface area contributed by atoms with Gasteiger partial charge in [0.25, 0.3) is 5.91 Å². The third-order valence-corrected chi connectivity index (χ3v) is 4.31. The lowest BCUT2D eigenvalue weighted by Gasteiger charge is -2.10. The van der Waals surface area contributed by atoms with E-state index in [1.807, 2.05) is 55.8 Å². The molecule has 0 bridgehead atoms. The third-order valence-electron chi connectivity index (χ3n) is 4.31. The van der Waals surface area contributed by atoms with Crippen LogP contribution >= 0.6 is 0 Å². The van der Waals surface area contributed by atoms with Gasteiger partial charge in [0.2, 0.25) is 5.88 Å². The fraction of sp³-hybridized carbons (Fsp3) is 0.318. The predicted octanol–water partition coefficient (Wildman–Crippen LogP) is 3.61. The average Bonchev–Trinajstić information content (AvgIpc) is 3.10. The molecule has 2 heterocycles. The second-order valence-electron chi connectivity index (χ2n) is 6.86. The number of aromatic nitrogens is 3. The number of pyridine rings is 1. The summed E-state index contributed by atoms with van der Waals surface area (Å²) in [7, 11) is 0. The number of amides is 1. The minimum absolute atomic E-state index is 0.0814. The predicted molar refractivity (Wildman–Crippen MR) is 108 cm³/mol. The van der Waals surface area contributed by atoms with Crippen LogP contribution in [0.3, 0.4) is 0 Å². The molecule has 1 amide bonds. The van der Waals surface area contributed by atoms with Crippen LogP contribution in [0.25, 0.3) is 0 Å². The van der Waals surface area contributed by atoms with Crippen LogP contribution in [0.4, 0.5) is 0 Å². The molecule has 0 atom stereocenters. The van der Waals surface area contributed by atoms with Crippen molar-refractivity contribution < 1.29 is 9.53 Å². The summed E-state index contributed by atoms with van der Waals surface area (Å²) in [6.45, 7) is 7.00. The number of rotatable bonds is 8. The number of benzene rings is 1. The second-order valence-corrected chi connectivity index (χ2v) is 6.86. The van der Waals surface area contributed by atoms with E-state index < -0.39 is 0 Å². The van der Waals surface area contributed by atoms with Gasteiger partial charge in [0.15, 0.2) is 0 Å². The molecule has 0 aliphatic carbocycles. The van der Waals surface area contributed by atoms with Gasteiger partial charge in [-0.25, -0.2) is 4.98 Å². The molecule has 1 N–H and O–H groups in total. The molecule has 0 spiro atoms. The van der Waals surface area contributed by atoms with E-state index in [1.54, 1.807) is 12.4 Å². The maximum absolute atomic E-state index is 12.7. The molecule has 6 heteroatoms. The SMILES string of the molecule is CCc1c(C(=O)NCc2ccc(OC(C)C)nc2)cnn1Cc1ccccc1. The van der Waals surface area contributed by atoms with E-state index in [1.165, 1.54) is 0 Å². The Kier molecular flexibility index (Phi) is 6.42. The lowest BCUT2D eigenvalue weighted by molar-refractivity contribution is 0.0950. The summed E-state index contributed by atoms with van der Waals surface area (Å²) >= 11 is 0. The van der Waals surface area contributed by atoms with Gasteiger partial charge in [0.1, 0.15) is 0 Å². The van der Waals surface area contributed by atoms with Gasteiger partial charge in [-0.15, -0.1) is 0 Å². The van der Waals surface area contributed by atoms with Gasteiger partial charge in [0.05, 0.1) is 30.1 Å². The Bertz CT molecular complexity index is 902. The molecule has 0 fully saturated rings. The Morgan fingerprint density at radius 1 is 1.11 bits per heavy atom. The molecule has 2 aromatic heterocycles. The van der Waals surface area contributed by atoms with Crippen molar-refractivity contribution in [3.05, 3.63) is 77.2 Å². The first kappa shape index (κ1) is 19.6. The highest BCUT2D eigenvalue weighted by molar-refractivity contribution is 5.95. The van der Waals surface area contributed by atoms with Crippen LogP contribution < -0.4 is 10.1 Å². The molecule has 28 heavy (non-hydrogen) atoms. The number of hydrogen-bond donors (Lipinski definition) is 1. The van der Waals surface area contributed by atoms with Gasteiger partial charge in [-0.3, -0.25) is 9.48 Å². The number of nitrogens with one attached hydrogen (secondary N) is 1. The molecular formula is C22H26N4O2. The number of carbonyl (C=O) groups excluding carboxylic acids is 1. The Hall–Kier alpha value is -3.15. The van der Waals surface area contributed by atoms with Crippen LogP contribution in [0.15, 0.2) is 54.9 Å². The summed E-state index contributed by atoms with van der Waals surface area (Å²) in [4.78, 5) is 16.9. The zero-order valence-electron chi connectivity index (χ0n) is 16.6. The quantitative estimate of drug-likeness (QED) is 0.650. The highest BCUT2D eigenvalue weighted by Gasteiger charge is 2.16. The summed E-state index contributed by atoms with van der Waals surface area (Å²) in [6.07, 6.45) is 4.18. The Morgan fingerprint density at radius 3 is 2.54 bits per heavy atom. The molecule has 3 aromatic rings. The van der Waals surface area contributed by atoms with E-state index >= 15 is 0 Å². The van der Waals surface area contributed by atoms with Gasteiger partial charge in [-0.1, -0.05) is 43.3 Å². The third kappa shape index (κ3) is 4.97. The summed E-state index contributed by atoms with van der Waals surface area (Å²) in [5.74, 6) is 0.458. The topological polar surface area (TPSA) is 69.0 Å². The molecule has 3 rings (SSSR count). The van der Waals surface area contributed by atoms with Crippen LogP contribution in [0.2, 0.25) is 0 Å². The fourth-order valence-corrected chi connectivity index (χ4v) is 2.97.